The summed E-state index contributed by atoms with van der Waals surface area (Å²) in [4.78, 5) is 12.2. The molecule has 184 valence electrons. The smallest absolute Gasteiger partial charge is 0.355 e. The second-order valence-corrected chi connectivity index (χ2v) is 11.1. The quantitative estimate of drug-likeness (QED) is 0.631. The Balaban J connectivity index is 1.39. The molecule has 4 rings (SSSR count). The van der Waals surface area contributed by atoms with E-state index in [1.54, 1.807) is 0 Å². The lowest BCUT2D eigenvalue weighted by atomic mass is 9.78. The molecule has 1 aliphatic carbocycles. The minimum atomic E-state index is -4.77. The number of carbonyl (C=O) groups excluding carboxylic acids is 1. The first-order chi connectivity index (χ1) is 16.1. The van der Waals surface area contributed by atoms with Gasteiger partial charge in [-0.15, -0.1) is 0 Å². The highest BCUT2D eigenvalue weighted by atomic mass is 32.2. The molecule has 9 heteroatoms. The summed E-state index contributed by atoms with van der Waals surface area (Å²) in [6.45, 7) is 0.556. The third kappa shape index (κ3) is 5.00. The van der Waals surface area contributed by atoms with Crippen LogP contribution in [0.1, 0.15) is 49.7 Å². The highest BCUT2D eigenvalue weighted by Crippen LogP contribution is 2.41. The minimum absolute atomic E-state index is 0.0104. The van der Waals surface area contributed by atoms with Crippen LogP contribution in [0.3, 0.4) is 0 Å². The van der Waals surface area contributed by atoms with Crippen molar-refractivity contribution in [1.82, 2.24) is 9.62 Å². The van der Waals surface area contributed by atoms with Gasteiger partial charge in [-0.25, -0.2) is 8.42 Å². The lowest BCUT2D eigenvalue weighted by Crippen LogP contribution is -2.46. The average Bonchev–Trinajstić information content (AvgIpc) is 3.33. The van der Waals surface area contributed by atoms with Crippen molar-refractivity contribution >= 4 is 15.9 Å². The lowest BCUT2D eigenvalue weighted by molar-refractivity contribution is -0.139. The molecule has 2 aromatic carbocycles. The van der Waals surface area contributed by atoms with Crippen molar-refractivity contribution in [3.05, 3.63) is 65.7 Å². The Hall–Kier alpha value is -2.39. The molecule has 1 saturated heterocycles. The maximum Gasteiger partial charge on any atom is 0.417 e. The fraction of sp³-hybridized carbons (Fsp3) is 0.480. The number of sulfonamides is 1. The summed E-state index contributed by atoms with van der Waals surface area (Å²) >= 11 is 0. The molecule has 1 N–H and O–H groups in total. The zero-order valence-corrected chi connectivity index (χ0v) is 19.7. The van der Waals surface area contributed by atoms with Crippen molar-refractivity contribution in [1.29, 1.82) is 0 Å². The van der Waals surface area contributed by atoms with Crippen molar-refractivity contribution in [3.63, 3.8) is 0 Å². The number of carbonyl (C=O) groups is 1. The summed E-state index contributed by atoms with van der Waals surface area (Å²) in [5, 5.41) is 3.09. The number of piperidine rings is 1. The van der Waals surface area contributed by atoms with Crippen LogP contribution < -0.4 is 5.32 Å². The van der Waals surface area contributed by atoms with Crippen LogP contribution in [0.15, 0.2) is 59.5 Å². The van der Waals surface area contributed by atoms with Gasteiger partial charge in [-0.2, -0.15) is 17.5 Å². The van der Waals surface area contributed by atoms with Crippen molar-refractivity contribution < 1.29 is 26.4 Å². The van der Waals surface area contributed by atoms with E-state index in [0.717, 1.165) is 42.1 Å². The molecule has 0 bridgehead atoms. The first kappa shape index (κ1) is 24.7. The number of hydrogen-bond donors (Lipinski definition) is 1. The van der Waals surface area contributed by atoms with Crippen LogP contribution in [0.5, 0.6) is 0 Å². The van der Waals surface area contributed by atoms with Crippen molar-refractivity contribution in [2.45, 2.75) is 55.0 Å². The van der Waals surface area contributed by atoms with Crippen LogP contribution in [0.4, 0.5) is 13.2 Å². The van der Waals surface area contributed by atoms with Crippen molar-refractivity contribution in [2.75, 3.05) is 19.6 Å². The maximum absolute atomic E-state index is 13.3. The van der Waals surface area contributed by atoms with Crippen LogP contribution in [0.25, 0.3) is 0 Å². The van der Waals surface area contributed by atoms with E-state index in [4.69, 9.17) is 0 Å². The molecule has 0 radical (unpaired) electrons. The molecule has 0 atom stereocenters. The molecule has 2 fully saturated rings. The highest BCUT2D eigenvalue weighted by molar-refractivity contribution is 7.89. The number of nitrogens with zero attached hydrogens (tertiary/aromatic N) is 1. The van der Waals surface area contributed by atoms with Crippen LogP contribution in [-0.4, -0.2) is 38.3 Å². The van der Waals surface area contributed by atoms with Gasteiger partial charge in [0.25, 0.3) is 0 Å². The Morgan fingerprint density at radius 1 is 0.971 bits per heavy atom. The molecular formula is C25H29F3N2O3S. The van der Waals surface area contributed by atoms with Gasteiger partial charge in [0.2, 0.25) is 15.9 Å². The van der Waals surface area contributed by atoms with E-state index < -0.39 is 26.7 Å². The van der Waals surface area contributed by atoms with E-state index in [9.17, 15) is 26.4 Å². The third-order valence-electron chi connectivity index (χ3n) is 7.18. The Labute approximate surface area is 198 Å². The Morgan fingerprint density at radius 3 is 2.18 bits per heavy atom. The number of rotatable bonds is 6. The molecule has 1 amide bonds. The van der Waals surface area contributed by atoms with Gasteiger partial charge in [-0.3, -0.25) is 4.79 Å². The summed E-state index contributed by atoms with van der Waals surface area (Å²) in [6.07, 6.45) is 0.0198. The number of hydrogen-bond acceptors (Lipinski definition) is 3. The van der Waals surface area contributed by atoms with Crippen LogP contribution in [0, 0.1) is 5.92 Å². The number of amides is 1. The van der Waals surface area contributed by atoms with E-state index in [-0.39, 0.29) is 43.2 Å². The topological polar surface area (TPSA) is 66.5 Å². The number of halogens is 3. The second-order valence-electron chi connectivity index (χ2n) is 9.24. The van der Waals surface area contributed by atoms with Gasteiger partial charge in [0.05, 0.1) is 10.5 Å². The molecule has 1 heterocycles. The molecule has 2 aromatic rings. The lowest BCUT2D eigenvalue weighted by Gasteiger charge is -2.33. The van der Waals surface area contributed by atoms with E-state index in [0.29, 0.717) is 6.54 Å². The van der Waals surface area contributed by atoms with Gasteiger partial charge in [0, 0.05) is 31.0 Å². The number of benzene rings is 2. The number of nitrogens with one attached hydrogen (secondary N) is 1. The Kier molecular flexibility index (Phi) is 7.05. The molecule has 0 unspecified atom stereocenters. The predicted octanol–water partition coefficient (Wildman–Crippen LogP) is 4.73. The first-order valence-electron chi connectivity index (χ1n) is 11.6. The molecule has 1 aliphatic heterocycles. The molecule has 2 aliphatic rings. The third-order valence-corrected chi connectivity index (χ3v) is 9.14. The fourth-order valence-electron chi connectivity index (χ4n) is 5.23. The van der Waals surface area contributed by atoms with E-state index in [1.807, 2.05) is 18.2 Å². The fourth-order valence-corrected chi connectivity index (χ4v) is 6.92. The first-order valence-corrected chi connectivity index (χ1v) is 13.1. The van der Waals surface area contributed by atoms with E-state index in [1.165, 1.54) is 17.7 Å². The van der Waals surface area contributed by atoms with Crippen LogP contribution >= 0.6 is 0 Å². The highest BCUT2D eigenvalue weighted by Gasteiger charge is 2.41. The van der Waals surface area contributed by atoms with Crippen molar-refractivity contribution in [3.8, 4) is 0 Å². The summed E-state index contributed by atoms with van der Waals surface area (Å²) < 4.78 is 67.0. The van der Waals surface area contributed by atoms with Gasteiger partial charge in [0.15, 0.2) is 0 Å². The largest absolute Gasteiger partial charge is 0.417 e. The summed E-state index contributed by atoms with van der Waals surface area (Å²) in [6, 6.07) is 14.4. The molecule has 5 nitrogen and oxygen atoms in total. The standard InChI is InChI=1S/C25H29F3N2O3S/c26-25(27,28)21-10-4-5-11-22(21)34(32,33)30-16-12-19(13-17-30)23(31)29-18-24(14-6-7-15-24)20-8-2-1-3-9-20/h1-5,8-11,19H,6-7,12-18H2,(H,29,31). The molecule has 34 heavy (non-hydrogen) atoms. The van der Waals surface area contributed by atoms with Gasteiger partial charge in [-0.05, 0) is 43.4 Å². The van der Waals surface area contributed by atoms with Gasteiger partial charge < -0.3 is 5.32 Å². The summed E-state index contributed by atoms with van der Waals surface area (Å²) in [7, 11) is -4.31. The average molecular weight is 495 g/mol. The van der Waals surface area contributed by atoms with E-state index in [2.05, 4.69) is 17.4 Å². The predicted molar refractivity (Wildman–Crippen MR) is 123 cm³/mol. The molecule has 0 spiro atoms. The molecule has 1 saturated carbocycles. The maximum atomic E-state index is 13.3. The SMILES string of the molecule is O=C(NCC1(c2ccccc2)CCCC1)C1CCN(S(=O)(=O)c2ccccc2C(F)(F)F)CC1. The second kappa shape index (κ2) is 9.70. The Morgan fingerprint density at radius 2 is 1.56 bits per heavy atom. The van der Waals surface area contributed by atoms with E-state index >= 15 is 0 Å². The Bertz CT molecular complexity index is 1110. The van der Waals surface area contributed by atoms with Gasteiger partial charge in [-0.1, -0.05) is 55.3 Å². The number of alkyl halides is 3. The molecule has 0 aromatic heterocycles. The normalized spacial score (nSPS) is 19.7. The summed E-state index contributed by atoms with van der Waals surface area (Å²) in [5.41, 5.74) is -0.0305. The van der Waals surface area contributed by atoms with Crippen molar-refractivity contribution in [2.24, 2.45) is 5.92 Å². The van der Waals surface area contributed by atoms with Gasteiger partial charge >= 0.3 is 6.18 Å². The van der Waals surface area contributed by atoms with Gasteiger partial charge in [0.1, 0.15) is 0 Å². The zero-order chi connectivity index (χ0) is 24.4. The van der Waals surface area contributed by atoms with Crippen LogP contribution in [0.2, 0.25) is 0 Å². The van der Waals surface area contributed by atoms with Crippen LogP contribution in [-0.2, 0) is 26.4 Å². The molecular weight excluding hydrogens is 465 g/mol. The zero-order valence-electron chi connectivity index (χ0n) is 18.9. The summed E-state index contributed by atoms with van der Waals surface area (Å²) in [5.74, 6) is -0.478. The minimum Gasteiger partial charge on any atom is -0.355 e. The monoisotopic (exact) mass is 494 g/mol.